The number of nitrogens with zero attached hydrogens (tertiary/aromatic N) is 3. The zero-order valence-electron chi connectivity index (χ0n) is 10.8. The highest BCUT2D eigenvalue weighted by Gasteiger charge is 2.27. The van der Waals surface area contributed by atoms with Gasteiger partial charge in [-0.1, -0.05) is 22.9 Å². The van der Waals surface area contributed by atoms with Crippen LogP contribution in [0.25, 0.3) is 0 Å². The first-order valence-corrected chi connectivity index (χ1v) is 6.56. The third kappa shape index (κ3) is 2.79. The molecular weight excluding hydrogens is 333 g/mol. The monoisotopic (exact) mass is 343 g/mol. The number of ether oxygens (including phenoxy) is 1. The fourth-order valence-corrected chi connectivity index (χ4v) is 2.23. The second kappa shape index (κ2) is 5.58. The molecule has 0 aliphatic carbocycles. The fourth-order valence-electron chi connectivity index (χ4n) is 1.79. The van der Waals surface area contributed by atoms with Gasteiger partial charge in [0.2, 0.25) is 0 Å². The van der Waals surface area contributed by atoms with Crippen molar-refractivity contribution >= 4 is 21.6 Å². The summed E-state index contributed by atoms with van der Waals surface area (Å²) in [6, 6.07) is 3.93. The second-order valence-corrected chi connectivity index (χ2v) is 4.96. The molecule has 106 valence electrons. The van der Waals surface area contributed by atoms with Crippen molar-refractivity contribution in [3.63, 3.8) is 0 Å². The van der Waals surface area contributed by atoms with Gasteiger partial charge in [-0.3, -0.25) is 10.1 Å². The Morgan fingerprint density at radius 3 is 2.75 bits per heavy atom. The first kappa shape index (κ1) is 14.4. The summed E-state index contributed by atoms with van der Waals surface area (Å²) < 4.78 is 20.5. The molecule has 1 aromatic heterocycles. The molecule has 0 spiro atoms. The molecule has 0 unspecified atom stereocenters. The normalized spacial score (nSPS) is 10.6. The molecule has 0 aliphatic heterocycles. The molecule has 0 saturated heterocycles. The number of nitro groups is 1. The summed E-state index contributed by atoms with van der Waals surface area (Å²) in [6.45, 7) is 1.76. The van der Waals surface area contributed by atoms with Gasteiger partial charge in [0, 0.05) is 17.6 Å². The molecule has 0 saturated carbocycles. The zero-order chi connectivity index (χ0) is 14.9. The number of halogens is 2. The molecule has 0 radical (unpaired) electrons. The summed E-state index contributed by atoms with van der Waals surface area (Å²) in [5.74, 6) is -0.370. The lowest BCUT2D eigenvalue weighted by atomic mass is 10.3. The van der Waals surface area contributed by atoms with Crippen LogP contribution in [0, 0.1) is 15.9 Å². The Hall–Kier alpha value is -1.96. The number of benzene rings is 1. The van der Waals surface area contributed by atoms with Crippen LogP contribution >= 0.6 is 15.9 Å². The Balaban J connectivity index is 2.47. The van der Waals surface area contributed by atoms with E-state index in [2.05, 4.69) is 21.0 Å². The highest BCUT2D eigenvalue weighted by molar-refractivity contribution is 9.10. The maximum atomic E-state index is 13.3. The van der Waals surface area contributed by atoms with Crippen LogP contribution in [0.3, 0.4) is 0 Å². The third-order valence-corrected chi connectivity index (χ3v) is 3.07. The molecule has 2 aromatic rings. The number of hydrogen-bond donors (Lipinski definition) is 0. The van der Waals surface area contributed by atoms with Crippen LogP contribution in [-0.2, 0) is 13.5 Å². The molecule has 1 aromatic carbocycles. The molecular formula is C12H11BrFN3O3. The van der Waals surface area contributed by atoms with Crippen molar-refractivity contribution in [1.82, 2.24) is 9.78 Å². The average molecular weight is 344 g/mol. The summed E-state index contributed by atoms with van der Waals surface area (Å²) in [5, 5.41) is 15.2. The Kier molecular flexibility index (Phi) is 4.03. The van der Waals surface area contributed by atoms with Crippen LogP contribution in [0.5, 0.6) is 11.6 Å². The summed E-state index contributed by atoms with van der Waals surface area (Å²) in [7, 11) is 1.54. The Morgan fingerprint density at radius 1 is 1.50 bits per heavy atom. The Bertz CT molecular complexity index is 652. The summed E-state index contributed by atoms with van der Waals surface area (Å²) in [6.07, 6.45) is 0.403. The molecule has 0 amide bonds. The lowest BCUT2D eigenvalue weighted by Gasteiger charge is -2.05. The highest BCUT2D eigenvalue weighted by atomic mass is 79.9. The zero-order valence-corrected chi connectivity index (χ0v) is 12.3. The van der Waals surface area contributed by atoms with Gasteiger partial charge in [-0.05, 0) is 18.6 Å². The van der Waals surface area contributed by atoms with E-state index in [0.717, 1.165) is 6.07 Å². The van der Waals surface area contributed by atoms with E-state index in [-0.39, 0.29) is 17.3 Å². The number of rotatable bonds is 4. The number of hydrogen-bond acceptors (Lipinski definition) is 4. The summed E-state index contributed by atoms with van der Waals surface area (Å²) in [5.41, 5.74) is 0.123. The van der Waals surface area contributed by atoms with E-state index in [1.165, 1.54) is 23.9 Å². The van der Waals surface area contributed by atoms with Crippen LogP contribution < -0.4 is 4.74 Å². The minimum absolute atomic E-state index is 0.0237. The quantitative estimate of drug-likeness (QED) is 0.628. The van der Waals surface area contributed by atoms with Gasteiger partial charge in [0.1, 0.15) is 17.3 Å². The van der Waals surface area contributed by atoms with Gasteiger partial charge in [-0.2, -0.15) is 5.10 Å². The molecule has 0 N–H and O–H groups in total. The van der Waals surface area contributed by atoms with E-state index in [1.54, 1.807) is 6.92 Å². The first-order valence-electron chi connectivity index (χ1n) is 5.76. The molecule has 8 heteroatoms. The molecule has 20 heavy (non-hydrogen) atoms. The average Bonchev–Trinajstić information content (AvgIpc) is 2.65. The van der Waals surface area contributed by atoms with E-state index >= 15 is 0 Å². The van der Waals surface area contributed by atoms with E-state index in [9.17, 15) is 14.5 Å². The van der Waals surface area contributed by atoms with Crippen molar-refractivity contribution in [2.24, 2.45) is 7.05 Å². The largest absolute Gasteiger partial charge is 0.434 e. The van der Waals surface area contributed by atoms with E-state index in [1.807, 2.05) is 0 Å². The van der Waals surface area contributed by atoms with Gasteiger partial charge >= 0.3 is 5.69 Å². The van der Waals surface area contributed by atoms with E-state index in [4.69, 9.17) is 4.74 Å². The lowest BCUT2D eigenvalue weighted by Crippen LogP contribution is -1.98. The van der Waals surface area contributed by atoms with Crippen LogP contribution in [-0.4, -0.2) is 14.7 Å². The molecule has 0 atom stereocenters. The summed E-state index contributed by atoms with van der Waals surface area (Å²) >= 11 is 3.13. The molecule has 2 rings (SSSR count). The SMILES string of the molecule is CCc1nn(C)c(Oc2cc(F)cc(Br)c2)c1[N+](=O)[O-]. The molecule has 0 fully saturated rings. The van der Waals surface area contributed by atoms with Gasteiger partial charge < -0.3 is 4.74 Å². The molecule has 0 aliphatic rings. The topological polar surface area (TPSA) is 70.2 Å². The van der Waals surface area contributed by atoms with E-state index in [0.29, 0.717) is 16.6 Å². The predicted molar refractivity (Wildman–Crippen MR) is 73.4 cm³/mol. The van der Waals surface area contributed by atoms with Crippen molar-refractivity contribution in [2.75, 3.05) is 0 Å². The van der Waals surface area contributed by atoms with Gasteiger partial charge in [0.25, 0.3) is 5.88 Å². The van der Waals surface area contributed by atoms with Crippen molar-refractivity contribution < 1.29 is 14.1 Å². The van der Waals surface area contributed by atoms with Crippen LogP contribution in [0.1, 0.15) is 12.6 Å². The first-order chi connectivity index (χ1) is 9.42. The number of aryl methyl sites for hydroxylation is 2. The molecule has 6 nitrogen and oxygen atoms in total. The van der Waals surface area contributed by atoms with Crippen molar-refractivity contribution in [1.29, 1.82) is 0 Å². The summed E-state index contributed by atoms with van der Waals surface area (Å²) in [4.78, 5) is 10.6. The van der Waals surface area contributed by atoms with Crippen LogP contribution in [0.15, 0.2) is 22.7 Å². The minimum atomic E-state index is -0.546. The van der Waals surface area contributed by atoms with Gasteiger partial charge in [0.05, 0.1) is 4.92 Å². The van der Waals surface area contributed by atoms with E-state index < -0.39 is 10.7 Å². The lowest BCUT2D eigenvalue weighted by molar-refractivity contribution is -0.386. The number of aromatic nitrogens is 2. The smallest absolute Gasteiger partial charge is 0.353 e. The van der Waals surface area contributed by atoms with Crippen molar-refractivity contribution in [3.8, 4) is 11.6 Å². The Morgan fingerprint density at radius 2 is 2.20 bits per heavy atom. The van der Waals surface area contributed by atoms with Gasteiger partial charge in [0.15, 0.2) is 0 Å². The predicted octanol–water partition coefficient (Wildman–Crippen LogP) is 3.58. The fraction of sp³-hybridized carbons (Fsp3) is 0.250. The van der Waals surface area contributed by atoms with Crippen molar-refractivity contribution in [2.45, 2.75) is 13.3 Å². The van der Waals surface area contributed by atoms with Gasteiger partial charge in [-0.15, -0.1) is 0 Å². The molecule has 1 heterocycles. The minimum Gasteiger partial charge on any atom is -0.434 e. The highest BCUT2D eigenvalue weighted by Crippen LogP contribution is 2.35. The van der Waals surface area contributed by atoms with Gasteiger partial charge in [-0.25, -0.2) is 9.07 Å². The maximum Gasteiger partial charge on any atom is 0.353 e. The van der Waals surface area contributed by atoms with Crippen LogP contribution in [0.2, 0.25) is 0 Å². The second-order valence-electron chi connectivity index (χ2n) is 4.04. The Labute approximate surface area is 122 Å². The maximum absolute atomic E-state index is 13.3. The van der Waals surface area contributed by atoms with Crippen LogP contribution in [0.4, 0.5) is 10.1 Å². The molecule has 0 bridgehead atoms. The third-order valence-electron chi connectivity index (χ3n) is 2.61. The van der Waals surface area contributed by atoms with Crippen molar-refractivity contribution in [3.05, 3.63) is 44.3 Å². The standard InChI is InChI=1S/C12H11BrFN3O3/c1-3-10-11(17(18)19)12(16(2)15-10)20-9-5-7(13)4-8(14)6-9/h4-6H,3H2,1-2H3.